The Kier molecular flexibility index (Phi) is 6.39. The van der Waals surface area contributed by atoms with Gasteiger partial charge in [-0.1, -0.05) is 31.3 Å². The van der Waals surface area contributed by atoms with Crippen molar-refractivity contribution >= 4 is 11.8 Å². The molecule has 27 heavy (non-hydrogen) atoms. The van der Waals surface area contributed by atoms with Gasteiger partial charge in [0.2, 0.25) is 5.78 Å². The van der Waals surface area contributed by atoms with Gasteiger partial charge in [-0.25, -0.2) is 0 Å². The van der Waals surface area contributed by atoms with E-state index in [1.807, 2.05) is 6.08 Å². The normalized spacial score (nSPS) is 34.9. The summed E-state index contributed by atoms with van der Waals surface area (Å²) < 4.78 is 5.87. The third kappa shape index (κ3) is 4.12. The van der Waals surface area contributed by atoms with Gasteiger partial charge in [0, 0.05) is 25.4 Å². The van der Waals surface area contributed by atoms with Crippen LogP contribution in [0.25, 0.3) is 0 Å². The van der Waals surface area contributed by atoms with Gasteiger partial charge in [0.25, 0.3) is 0 Å². The summed E-state index contributed by atoms with van der Waals surface area (Å²) in [6.45, 7) is 0. The Hall–Kier alpha value is -1.64. The van der Waals surface area contributed by atoms with Gasteiger partial charge in [0.15, 0.2) is 0 Å². The Bertz CT molecular complexity index is 664. The van der Waals surface area contributed by atoms with E-state index in [2.05, 4.69) is 11.8 Å². The topological polar surface area (TPSA) is 83.8 Å². The van der Waals surface area contributed by atoms with Crippen molar-refractivity contribution in [2.24, 2.45) is 17.8 Å². The van der Waals surface area contributed by atoms with Crippen LogP contribution >= 0.6 is 0 Å². The number of fused-ring (bicyclic) bond motifs is 1. The molecule has 4 atom stereocenters. The number of hydrogen-bond donors (Lipinski definition) is 2. The zero-order chi connectivity index (χ0) is 19.4. The average Bonchev–Trinajstić information content (AvgIpc) is 2.66. The molecule has 3 rings (SSSR count). The lowest BCUT2D eigenvalue weighted by Crippen LogP contribution is -2.59. The summed E-state index contributed by atoms with van der Waals surface area (Å²) in [6, 6.07) is 0. The van der Waals surface area contributed by atoms with Crippen LogP contribution in [0.3, 0.4) is 0 Å². The number of ketones is 1. The standard InChI is InChI=1S/C22H30O5/c1-27-22-13-12-20(24)17(10-11-19(23)15-6-3-2-4-7-15)18(22)14-16(22)8-5-9-21(25)26/h8,15,17-18,20,24H,2-7,9,12-14H2,1H3,(H,25,26)/t17-,18-,20-,22+/m1/s1. The highest BCUT2D eigenvalue weighted by Gasteiger charge is 2.58. The Morgan fingerprint density at radius 3 is 2.67 bits per heavy atom. The van der Waals surface area contributed by atoms with Crippen molar-refractivity contribution < 1.29 is 24.5 Å². The van der Waals surface area contributed by atoms with Crippen molar-refractivity contribution in [2.75, 3.05) is 7.11 Å². The SMILES string of the molecule is CO[C@]12CC[C@@H](O)[C@H](C#CC(=O)C3CCCCC3)[C@H]1CC2=CCCC(=O)O. The highest BCUT2D eigenvalue weighted by molar-refractivity contribution is 5.97. The first kappa shape index (κ1) is 20.1. The minimum atomic E-state index is -0.807. The monoisotopic (exact) mass is 374 g/mol. The van der Waals surface area contributed by atoms with E-state index in [1.54, 1.807) is 7.11 Å². The fourth-order valence-electron chi connectivity index (χ4n) is 5.08. The van der Waals surface area contributed by atoms with Gasteiger partial charge >= 0.3 is 5.97 Å². The van der Waals surface area contributed by atoms with E-state index >= 15 is 0 Å². The molecule has 3 aliphatic carbocycles. The number of aliphatic carboxylic acids is 1. The zero-order valence-electron chi connectivity index (χ0n) is 16.1. The van der Waals surface area contributed by atoms with Crippen molar-refractivity contribution in [3.05, 3.63) is 11.6 Å². The molecule has 0 amide bonds. The van der Waals surface area contributed by atoms with Gasteiger partial charge < -0.3 is 14.9 Å². The highest BCUT2D eigenvalue weighted by atomic mass is 16.5. The first-order chi connectivity index (χ1) is 13.0. The van der Waals surface area contributed by atoms with Gasteiger partial charge in [-0.05, 0) is 50.0 Å². The molecule has 0 aromatic carbocycles. The molecule has 0 radical (unpaired) electrons. The molecule has 0 aromatic heterocycles. The number of methoxy groups -OCH3 is 1. The number of carbonyl (C=O) groups is 2. The molecule has 5 nitrogen and oxygen atoms in total. The van der Waals surface area contributed by atoms with Crippen LogP contribution in [0.4, 0.5) is 0 Å². The van der Waals surface area contributed by atoms with Crippen molar-refractivity contribution in [3.8, 4) is 11.8 Å². The van der Waals surface area contributed by atoms with Crippen molar-refractivity contribution in [1.82, 2.24) is 0 Å². The van der Waals surface area contributed by atoms with Crippen LogP contribution in [-0.4, -0.2) is 40.8 Å². The van der Waals surface area contributed by atoms with Crippen molar-refractivity contribution in [2.45, 2.75) is 75.9 Å². The summed E-state index contributed by atoms with van der Waals surface area (Å²) >= 11 is 0. The molecule has 3 aliphatic rings. The number of aliphatic hydroxyl groups excluding tert-OH is 1. The Morgan fingerprint density at radius 2 is 2.00 bits per heavy atom. The van der Waals surface area contributed by atoms with Crippen LogP contribution in [0.2, 0.25) is 0 Å². The summed E-state index contributed by atoms with van der Waals surface area (Å²) in [5.74, 6) is 5.03. The van der Waals surface area contributed by atoms with Crippen molar-refractivity contribution in [3.63, 3.8) is 0 Å². The molecule has 3 saturated carbocycles. The maximum absolute atomic E-state index is 12.4. The molecule has 3 fully saturated rings. The van der Waals surface area contributed by atoms with E-state index in [9.17, 15) is 14.7 Å². The van der Waals surface area contributed by atoms with Gasteiger partial charge in [0.1, 0.15) is 0 Å². The maximum Gasteiger partial charge on any atom is 0.303 e. The highest BCUT2D eigenvalue weighted by Crippen LogP contribution is 2.56. The largest absolute Gasteiger partial charge is 0.481 e. The first-order valence-electron chi connectivity index (χ1n) is 10.2. The summed E-state index contributed by atoms with van der Waals surface area (Å²) in [5, 5.41) is 19.3. The second-order valence-corrected chi connectivity index (χ2v) is 8.17. The molecule has 0 aromatic rings. The van der Waals surface area contributed by atoms with Crippen LogP contribution in [0.1, 0.15) is 64.2 Å². The van der Waals surface area contributed by atoms with Crippen LogP contribution in [-0.2, 0) is 14.3 Å². The Labute approximate surface area is 161 Å². The Morgan fingerprint density at radius 1 is 1.26 bits per heavy atom. The van der Waals surface area contributed by atoms with Gasteiger partial charge in [-0.2, -0.15) is 0 Å². The van der Waals surface area contributed by atoms with E-state index in [0.717, 1.165) is 37.7 Å². The Balaban J connectivity index is 1.71. The molecule has 148 valence electrons. The summed E-state index contributed by atoms with van der Waals surface area (Å²) in [6.07, 6.45) is 9.35. The van der Waals surface area contributed by atoms with Crippen LogP contribution in [0.15, 0.2) is 11.6 Å². The van der Waals surface area contributed by atoms with Gasteiger partial charge in [-0.15, -0.1) is 0 Å². The van der Waals surface area contributed by atoms with Crippen LogP contribution in [0.5, 0.6) is 0 Å². The number of aliphatic hydroxyl groups is 1. The fraction of sp³-hybridized carbons (Fsp3) is 0.727. The number of hydrogen-bond acceptors (Lipinski definition) is 4. The third-order valence-electron chi connectivity index (χ3n) is 6.69. The lowest BCUT2D eigenvalue weighted by molar-refractivity contribution is -0.139. The maximum atomic E-state index is 12.4. The summed E-state index contributed by atoms with van der Waals surface area (Å²) in [5.41, 5.74) is 0.666. The van der Waals surface area contributed by atoms with E-state index < -0.39 is 17.7 Å². The molecule has 0 spiro atoms. The molecule has 0 heterocycles. The number of carboxylic acid groups (broad SMARTS) is 1. The molecular weight excluding hydrogens is 344 g/mol. The average molecular weight is 374 g/mol. The second kappa shape index (κ2) is 8.58. The first-order valence-corrected chi connectivity index (χ1v) is 10.2. The molecule has 2 N–H and O–H groups in total. The number of carboxylic acids is 1. The smallest absolute Gasteiger partial charge is 0.303 e. The van der Waals surface area contributed by atoms with E-state index in [-0.39, 0.29) is 30.0 Å². The van der Waals surface area contributed by atoms with Gasteiger partial charge in [0.05, 0.1) is 17.6 Å². The van der Waals surface area contributed by atoms with E-state index in [0.29, 0.717) is 19.3 Å². The molecule has 0 bridgehead atoms. The fourth-order valence-corrected chi connectivity index (χ4v) is 5.08. The van der Waals surface area contributed by atoms with E-state index in [1.165, 1.54) is 6.42 Å². The number of rotatable bonds is 5. The minimum absolute atomic E-state index is 0.0204. The predicted octanol–water partition coefficient (Wildman–Crippen LogP) is 3.11. The third-order valence-corrected chi connectivity index (χ3v) is 6.69. The zero-order valence-corrected chi connectivity index (χ0v) is 16.1. The lowest BCUT2D eigenvalue weighted by atomic mass is 9.53. The quantitative estimate of drug-likeness (QED) is 0.439. The number of ether oxygens (including phenoxy) is 1. The molecular formula is C22H30O5. The molecule has 0 unspecified atom stereocenters. The predicted molar refractivity (Wildman–Crippen MR) is 101 cm³/mol. The van der Waals surface area contributed by atoms with Crippen molar-refractivity contribution in [1.29, 1.82) is 0 Å². The van der Waals surface area contributed by atoms with E-state index in [4.69, 9.17) is 9.84 Å². The summed E-state index contributed by atoms with van der Waals surface area (Å²) in [7, 11) is 1.67. The van der Waals surface area contributed by atoms with Crippen LogP contribution < -0.4 is 0 Å². The molecule has 5 heteroatoms. The van der Waals surface area contributed by atoms with Crippen LogP contribution in [0, 0.1) is 29.6 Å². The lowest BCUT2D eigenvalue weighted by Gasteiger charge is -2.57. The molecule has 0 saturated heterocycles. The number of allylic oxidation sites excluding steroid dienone is 1. The van der Waals surface area contributed by atoms with Gasteiger partial charge in [-0.3, -0.25) is 9.59 Å². The number of Topliss-reactive ketones (excluding diaryl/α,β-unsaturated/α-hetero) is 1. The second-order valence-electron chi connectivity index (χ2n) is 8.17. The number of carbonyl (C=O) groups excluding carboxylic acids is 1. The minimum Gasteiger partial charge on any atom is -0.481 e. The summed E-state index contributed by atoms with van der Waals surface area (Å²) in [4.78, 5) is 23.2. The molecule has 0 aliphatic heterocycles.